The molecule has 1 N–H and O–H groups in total. The summed E-state index contributed by atoms with van der Waals surface area (Å²) < 4.78 is 0. The second-order valence-corrected chi connectivity index (χ2v) is 3.20. The zero-order valence-electron chi connectivity index (χ0n) is 5.55. The number of rotatable bonds is 0. The van der Waals surface area contributed by atoms with Gasteiger partial charge in [0.15, 0.2) is 0 Å². The van der Waals surface area contributed by atoms with Crippen LogP contribution in [0.4, 0.5) is 0 Å². The van der Waals surface area contributed by atoms with E-state index in [1.54, 1.807) is 0 Å². The first-order valence-electron chi connectivity index (χ1n) is 3.59. The van der Waals surface area contributed by atoms with Crippen LogP contribution in [0.3, 0.4) is 0 Å². The Morgan fingerprint density at radius 2 is 2.33 bits per heavy atom. The molecular formula is C7H11NO. The Hall–Kier alpha value is -0.530. The molecule has 2 heteroatoms. The summed E-state index contributed by atoms with van der Waals surface area (Å²) in [5, 5.41) is 2.92. The summed E-state index contributed by atoms with van der Waals surface area (Å²) in [7, 11) is 0. The molecule has 0 radical (unpaired) electrons. The summed E-state index contributed by atoms with van der Waals surface area (Å²) in [6.45, 7) is 2.21. The minimum Gasteiger partial charge on any atom is -0.352 e. The smallest absolute Gasteiger partial charge is 0.225 e. The highest BCUT2D eigenvalue weighted by Gasteiger charge is 2.46. The molecule has 0 aromatic carbocycles. The van der Waals surface area contributed by atoms with Gasteiger partial charge in [0.1, 0.15) is 0 Å². The molecule has 3 unspecified atom stereocenters. The number of fused-ring (bicyclic) bond motifs is 1. The highest BCUT2D eigenvalue weighted by Crippen LogP contribution is 2.36. The maximum Gasteiger partial charge on any atom is 0.225 e. The highest BCUT2D eigenvalue weighted by atomic mass is 16.2. The third kappa shape index (κ3) is 0.533. The fraction of sp³-hybridized carbons (Fsp3) is 0.857. The zero-order chi connectivity index (χ0) is 6.43. The number of hydrogen-bond donors (Lipinski definition) is 1. The number of nitrogens with one attached hydrogen (secondary N) is 1. The maximum absolute atomic E-state index is 10.7. The van der Waals surface area contributed by atoms with Crippen molar-refractivity contribution in [1.29, 1.82) is 0 Å². The lowest BCUT2D eigenvalue weighted by Gasteiger charge is -2.33. The number of hydrogen-bond acceptors (Lipinski definition) is 1. The molecule has 50 valence electrons. The average Bonchev–Trinajstić information content (AvgIpc) is 2.07. The minimum absolute atomic E-state index is 0.282. The van der Waals surface area contributed by atoms with Gasteiger partial charge in [0, 0.05) is 6.04 Å². The Balaban J connectivity index is 2.11. The quantitative estimate of drug-likeness (QED) is 0.470. The number of amides is 1. The molecule has 0 spiro atoms. The van der Waals surface area contributed by atoms with Gasteiger partial charge in [-0.1, -0.05) is 6.92 Å². The van der Waals surface area contributed by atoms with Crippen LogP contribution in [0.5, 0.6) is 0 Å². The lowest BCUT2D eigenvalue weighted by atomic mass is 9.90. The molecule has 1 aliphatic carbocycles. The Morgan fingerprint density at radius 1 is 1.56 bits per heavy atom. The molecule has 2 fully saturated rings. The first-order chi connectivity index (χ1) is 4.29. The number of carbonyl (C=O) groups is 1. The number of β-lactam (4-membered cyclic amide) rings is 1. The lowest BCUT2D eigenvalue weighted by molar-refractivity contribution is -0.134. The molecule has 2 rings (SSSR count). The van der Waals surface area contributed by atoms with Gasteiger partial charge in [-0.15, -0.1) is 0 Å². The summed E-state index contributed by atoms with van der Waals surface area (Å²) in [4.78, 5) is 10.7. The van der Waals surface area contributed by atoms with E-state index in [0.29, 0.717) is 12.0 Å². The largest absolute Gasteiger partial charge is 0.352 e. The molecule has 0 aromatic heterocycles. The van der Waals surface area contributed by atoms with Crippen LogP contribution in [0.1, 0.15) is 19.8 Å². The molecule has 1 saturated carbocycles. The van der Waals surface area contributed by atoms with E-state index < -0.39 is 0 Å². The van der Waals surface area contributed by atoms with Gasteiger partial charge >= 0.3 is 0 Å². The molecular weight excluding hydrogens is 114 g/mol. The predicted octanol–water partition coefficient (Wildman–Crippen LogP) is 0.531. The molecule has 2 aliphatic rings. The Morgan fingerprint density at radius 3 is 2.78 bits per heavy atom. The van der Waals surface area contributed by atoms with E-state index in [2.05, 4.69) is 12.2 Å². The molecule has 3 atom stereocenters. The van der Waals surface area contributed by atoms with Crippen LogP contribution in [0.2, 0.25) is 0 Å². The van der Waals surface area contributed by atoms with E-state index in [1.807, 2.05) is 0 Å². The van der Waals surface area contributed by atoms with Gasteiger partial charge in [0.2, 0.25) is 5.91 Å². The van der Waals surface area contributed by atoms with Crippen LogP contribution in [0, 0.1) is 11.8 Å². The Kier molecular flexibility index (Phi) is 0.875. The monoisotopic (exact) mass is 125 g/mol. The van der Waals surface area contributed by atoms with E-state index in [0.717, 1.165) is 12.3 Å². The Bertz CT molecular complexity index is 155. The van der Waals surface area contributed by atoms with Crippen molar-refractivity contribution in [1.82, 2.24) is 5.32 Å². The third-order valence-corrected chi connectivity index (χ3v) is 2.63. The van der Waals surface area contributed by atoms with Crippen molar-refractivity contribution in [3.8, 4) is 0 Å². The van der Waals surface area contributed by atoms with E-state index in [-0.39, 0.29) is 5.91 Å². The van der Waals surface area contributed by atoms with Crippen LogP contribution >= 0.6 is 0 Å². The van der Waals surface area contributed by atoms with Crippen molar-refractivity contribution >= 4 is 5.91 Å². The normalized spacial score (nSPS) is 47.7. The molecule has 1 saturated heterocycles. The molecule has 0 bridgehead atoms. The van der Waals surface area contributed by atoms with Gasteiger partial charge in [-0.2, -0.15) is 0 Å². The van der Waals surface area contributed by atoms with Gasteiger partial charge in [0.05, 0.1) is 5.92 Å². The van der Waals surface area contributed by atoms with Crippen molar-refractivity contribution in [3.63, 3.8) is 0 Å². The van der Waals surface area contributed by atoms with E-state index in [1.165, 1.54) is 6.42 Å². The molecule has 1 aliphatic heterocycles. The molecule has 0 aromatic rings. The first-order valence-corrected chi connectivity index (χ1v) is 3.59. The maximum atomic E-state index is 10.7. The SMILES string of the molecule is CC1CCC2C(=O)NC12. The van der Waals surface area contributed by atoms with Crippen LogP contribution < -0.4 is 5.32 Å². The Labute approximate surface area is 54.6 Å². The summed E-state index contributed by atoms with van der Waals surface area (Å²) in [6, 6.07) is 0.539. The molecule has 2 nitrogen and oxygen atoms in total. The van der Waals surface area contributed by atoms with Crippen LogP contribution in [0.15, 0.2) is 0 Å². The van der Waals surface area contributed by atoms with Gasteiger partial charge in [-0.25, -0.2) is 0 Å². The van der Waals surface area contributed by atoms with Crippen molar-refractivity contribution in [3.05, 3.63) is 0 Å². The lowest BCUT2D eigenvalue weighted by Crippen LogP contribution is -2.57. The number of carbonyl (C=O) groups excluding carboxylic acids is 1. The second-order valence-electron chi connectivity index (χ2n) is 3.20. The topological polar surface area (TPSA) is 29.1 Å². The predicted molar refractivity (Wildman–Crippen MR) is 33.8 cm³/mol. The summed E-state index contributed by atoms with van der Waals surface area (Å²) in [6.07, 6.45) is 2.35. The summed E-state index contributed by atoms with van der Waals surface area (Å²) >= 11 is 0. The van der Waals surface area contributed by atoms with Crippen molar-refractivity contribution in [2.45, 2.75) is 25.8 Å². The second kappa shape index (κ2) is 1.49. The van der Waals surface area contributed by atoms with Crippen LogP contribution in [-0.4, -0.2) is 11.9 Å². The highest BCUT2D eigenvalue weighted by molar-refractivity contribution is 5.86. The zero-order valence-corrected chi connectivity index (χ0v) is 5.55. The van der Waals surface area contributed by atoms with E-state index in [9.17, 15) is 4.79 Å². The van der Waals surface area contributed by atoms with Gasteiger partial charge in [-0.05, 0) is 18.8 Å². The van der Waals surface area contributed by atoms with Crippen molar-refractivity contribution < 1.29 is 4.79 Å². The fourth-order valence-corrected chi connectivity index (χ4v) is 1.91. The van der Waals surface area contributed by atoms with Gasteiger partial charge in [-0.3, -0.25) is 4.79 Å². The molecule has 9 heavy (non-hydrogen) atoms. The van der Waals surface area contributed by atoms with Gasteiger partial charge in [0.25, 0.3) is 0 Å². The first kappa shape index (κ1) is 5.27. The summed E-state index contributed by atoms with van der Waals surface area (Å²) in [5.74, 6) is 1.40. The standard InChI is InChI=1S/C7H11NO/c1-4-2-3-5-6(4)8-7(5)9/h4-6H,2-3H2,1H3,(H,8,9). The van der Waals surface area contributed by atoms with E-state index in [4.69, 9.17) is 0 Å². The van der Waals surface area contributed by atoms with Crippen molar-refractivity contribution in [2.75, 3.05) is 0 Å². The van der Waals surface area contributed by atoms with Gasteiger partial charge < -0.3 is 5.32 Å². The third-order valence-electron chi connectivity index (χ3n) is 2.63. The minimum atomic E-state index is 0.282. The average molecular weight is 125 g/mol. The van der Waals surface area contributed by atoms with E-state index >= 15 is 0 Å². The van der Waals surface area contributed by atoms with Crippen LogP contribution in [-0.2, 0) is 4.79 Å². The fourth-order valence-electron chi connectivity index (χ4n) is 1.91. The van der Waals surface area contributed by atoms with Crippen molar-refractivity contribution in [2.24, 2.45) is 11.8 Å². The molecule has 1 amide bonds. The van der Waals surface area contributed by atoms with Crippen LogP contribution in [0.25, 0.3) is 0 Å². The molecule has 1 heterocycles. The summed E-state index contributed by atoms with van der Waals surface area (Å²) in [5.41, 5.74) is 0.